The van der Waals surface area contributed by atoms with Crippen molar-refractivity contribution in [3.8, 4) is 6.07 Å². The van der Waals surface area contributed by atoms with Crippen LogP contribution in [0.25, 0.3) is 0 Å². The second-order valence-electron chi connectivity index (χ2n) is 4.22. The summed E-state index contributed by atoms with van der Waals surface area (Å²) in [7, 11) is 0. The summed E-state index contributed by atoms with van der Waals surface area (Å²) in [6.45, 7) is 1.89. The van der Waals surface area contributed by atoms with Crippen molar-refractivity contribution >= 4 is 5.69 Å². The lowest BCUT2D eigenvalue weighted by Gasteiger charge is -2.16. The third-order valence-electron chi connectivity index (χ3n) is 2.84. The lowest BCUT2D eigenvalue weighted by Crippen LogP contribution is -2.08. The first kappa shape index (κ1) is 13.0. The number of benzene rings is 2. The van der Waals surface area contributed by atoms with Crippen molar-refractivity contribution in [1.82, 2.24) is 0 Å². The minimum absolute atomic E-state index is 0.113. The summed E-state index contributed by atoms with van der Waals surface area (Å²) in [5.41, 5.74) is 1.68. The summed E-state index contributed by atoms with van der Waals surface area (Å²) in [6, 6.07) is 11.9. The Morgan fingerprint density at radius 3 is 2.32 bits per heavy atom. The highest BCUT2D eigenvalue weighted by atomic mass is 19.1. The van der Waals surface area contributed by atoms with Crippen LogP contribution in [0.2, 0.25) is 0 Å². The molecule has 0 aliphatic carbocycles. The molecule has 0 aromatic heterocycles. The van der Waals surface area contributed by atoms with Gasteiger partial charge in [0.15, 0.2) is 0 Å². The van der Waals surface area contributed by atoms with Crippen LogP contribution < -0.4 is 5.32 Å². The minimum atomic E-state index is -0.448. The van der Waals surface area contributed by atoms with Gasteiger partial charge in [-0.25, -0.2) is 8.78 Å². The number of nitrogens with one attached hydrogen (secondary N) is 1. The normalized spacial score (nSPS) is 11.7. The van der Waals surface area contributed by atoms with E-state index in [2.05, 4.69) is 5.32 Å². The Morgan fingerprint density at radius 2 is 1.68 bits per heavy atom. The number of anilines is 1. The Balaban J connectivity index is 2.21. The highest BCUT2D eigenvalue weighted by Crippen LogP contribution is 2.23. The lowest BCUT2D eigenvalue weighted by molar-refractivity contribution is 0.625. The van der Waals surface area contributed by atoms with Crippen LogP contribution >= 0.6 is 0 Å². The van der Waals surface area contributed by atoms with Crippen molar-refractivity contribution in [2.24, 2.45) is 0 Å². The molecule has 2 aromatic rings. The van der Waals surface area contributed by atoms with Crippen LogP contribution in [0.4, 0.5) is 14.5 Å². The highest BCUT2D eigenvalue weighted by Gasteiger charge is 2.09. The van der Waals surface area contributed by atoms with Gasteiger partial charge in [-0.3, -0.25) is 0 Å². The number of halogens is 2. The van der Waals surface area contributed by atoms with Gasteiger partial charge in [0.05, 0.1) is 11.3 Å². The van der Waals surface area contributed by atoms with Crippen molar-refractivity contribution in [1.29, 1.82) is 5.26 Å². The van der Waals surface area contributed by atoms with Gasteiger partial charge in [-0.2, -0.15) is 5.26 Å². The van der Waals surface area contributed by atoms with Gasteiger partial charge < -0.3 is 5.32 Å². The van der Waals surface area contributed by atoms with Gasteiger partial charge >= 0.3 is 0 Å². The monoisotopic (exact) mass is 258 g/mol. The molecule has 1 atom stereocenters. The number of rotatable bonds is 3. The molecule has 0 radical (unpaired) electrons. The SMILES string of the molecule is CC(Nc1ccc(F)cc1C#N)c1ccc(F)cc1. The molecule has 1 unspecified atom stereocenters. The molecule has 0 amide bonds. The van der Waals surface area contributed by atoms with Crippen molar-refractivity contribution in [2.75, 3.05) is 5.32 Å². The largest absolute Gasteiger partial charge is 0.377 e. The molecule has 0 fully saturated rings. The van der Waals surface area contributed by atoms with Crippen LogP contribution in [-0.2, 0) is 0 Å². The van der Waals surface area contributed by atoms with Gasteiger partial charge in [0.2, 0.25) is 0 Å². The maximum atomic E-state index is 13.0. The standard InChI is InChI=1S/C15H12F2N2/c1-10(11-2-4-13(16)5-3-11)19-15-7-6-14(17)8-12(15)9-18/h2-8,10,19H,1H3. The molecule has 0 saturated heterocycles. The van der Waals surface area contributed by atoms with Crippen LogP contribution in [-0.4, -0.2) is 0 Å². The van der Waals surface area contributed by atoms with Gasteiger partial charge in [-0.05, 0) is 42.8 Å². The van der Waals surface area contributed by atoms with E-state index < -0.39 is 5.82 Å². The summed E-state index contributed by atoms with van der Waals surface area (Å²) < 4.78 is 25.9. The number of hydrogen-bond donors (Lipinski definition) is 1. The molecule has 0 spiro atoms. The Bertz CT molecular complexity index is 615. The molecule has 2 aromatic carbocycles. The molecule has 2 rings (SSSR count). The molecule has 0 aliphatic rings. The lowest BCUT2D eigenvalue weighted by atomic mass is 10.1. The molecule has 0 bridgehead atoms. The average Bonchev–Trinajstić information content (AvgIpc) is 2.41. The molecule has 19 heavy (non-hydrogen) atoms. The number of nitrogens with zero attached hydrogens (tertiary/aromatic N) is 1. The first-order valence-electron chi connectivity index (χ1n) is 5.82. The average molecular weight is 258 g/mol. The Morgan fingerprint density at radius 1 is 1.05 bits per heavy atom. The zero-order valence-electron chi connectivity index (χ0n) is 10.3. The fourth-order valence-electron chi connectivity index (χ4n) is 1.80. The minimum Gasteiger partial charge on any atom is -0.377 e. The van der Waals surface area contributed by atoms with Gasteiger partial charge in [-0.1, -0.05) is 12.1 Å². The smallest absolute Gasteiger partial charge is 0.124 e. The molecular formula is C15H12F2N2. The van der Waals surface area contributed by atoms with E-state index in [4.69, 9.17) is 5.26 Å². The van der Waals surface area contributed by atoms with Gasteiger partial charge in [0.25, 0.3) is 0 Å². The molecule has 1 N–H and O–H groups in total. The van der Waals surface area contributed by atoms with E-state index in [-0.39, 0.29) is 17.4 Å². The molecule has 0 saturated carbocycles. The van der Waals surface area contributed by atoms with Crippen molar-refractivity contribution in [2.45, 2.75) is 13.0 Å². The second kappa shape index (κ2) is 5.49. The van der Waals surface area contributed by atoms with Gasteiger partial charge in [-0.15, -0.1) is 0 Å². The predicted octanol–water partition coefficient (Wildman–Crippen LogP) is 4.01. The predicted molar refractivity (Wildman–Crippen MR) is 69.6 cm³/mol. The van der Waals surface area contributed by atoms with Crippen molar-refractivity contribution < 1.29 is 8.78 Å². The molecule has 0 heterocycles. The fraction of sp³-hybridized carbons (Fsp3) is 0.133. The maximum absolute atomic E-state index is 13.0. The van der Waals surface area contributed by atoms with Crippen molar-refractivity contribution in [3.63, 3.8) is 0 Å². The third-order valence-corrected chi connectivity index (χ3v) is 2.84. The highest BCUT2D eigenvalue weighted by molar-refractivity contribution is 5.58. The van der Waals surface area contributed by atoms with E-state index in [0.29, 0.717) is 5.69 Å². The second-order valence-corrected chi connectivity index (χ2v) is 4.22. The Labute approximate surface area is 110 Å². The quantitative estimate of drug-likeness (QED) is 0.902. The van der Waals surface area contributed by atoms with Gasteiger partial charge in [0, 0.05) is 6.04 Å². The van der Waals surface area contributed by atoms with E-state index in [0.717, 1.165) is 5.56 Å². The van der Waals surface area contributed by atoms with E-state index in [1.165, 1.54) is 30.3 Å². The van der Waals surface area contributed by atoms with E-state index in [9.17, 15) is 8.78 Å². The summed E-state index contributed by atoms with van der Waals surface area (Å²) in [4.78, 5) is 0. The number of hydrogen-bond acceptors (Lipinski definition) is 2. The maximum Gasteiger partial charge on any atom is 0.124 e. The fourth-order valence-corrected chi connectivity index (χ4v) is 1.80. The molecular weight excluding hydrogens is 246 g/mol. The summed E-state index contributed by atoms with van der Waals surface area (Å²) >= 11 is 0. The van der Waals surface area contributed by atoms with Crippen LogP contribution in [0.3, 0.4) is 0 Å². The Hall–Kier alpha value is -2.41. The first-order valence-corrected chi connectivity index (χ1v) is 5.82. The summed E-state index contributed by atoms with van der Waals surface area (Å²) in [6.07, 6.45) is 0. The first-order chi connectivity index (χ1) is 9.10. The zero-order chi connectivity index (χ0) is 13.8. The van der Waals surface area contributed by atoms with Crippen LogP contribution in [0, 0.1) is 23.0 Å². The Kier molecular flexibility index (Phi) is 3.76. The van der Waals surface area contributed by atoms with Crippen molar-refractivity contribution in [3.05, 3.63) is 65.2 Å². The molecule has 96 valence electrons. The van der Waals surface area contributed by atoms with Gasteiger partial charge in [0.1, 0.15) is 17.7 Å². The summed E-state index contributed by atoms with van der Waals surface area (Å²) in [5, 5.41) is 12.1. The molecule has 2 nitrogen and oxygen atoms in total. The van der Waals surface area contributed by atoms with E-state index >= 15 is 0 Å². The molecule has 4 heteroatoms. The van der Waals surface area contributed by atoms with E-state index in [1.807, 2.05) is 13.0 Å². The third kappa shape index (κ3) is 3.08. The zero-order valence-corrected chi connectivity index (χ0v) is 10.3. The van der Waals surface area contributed by atoms with E-state index in [1.54, 1.807) is 12.1 Å². The summed E-state index contributed by atoms with van der Waals surface area (Å²) in [5.74, 6) is -0.744. The van der Waals surface area contributed by atoms with Crippen LogP contribution in [0.15, 0.2) is 42.5 Å². The van der Waals surface area contributed by atoms with Crippen LogP contribution in [0.5, 0.6) is 0 Å². The number of nitriles is 1. The molecule has 0 aliphatic heterocycles. The topological polar surface area (TPSA) is 35.8 Å². The van der Waals surface area contributed by atoms with Crippen LogP contribution in [0.1, 0.15) is 24.1 Å².